The number of anilines is 1. The van der Waals surface area contributed by atoms with Crippen LogP contribution in [0.2, 0.25) is 0 Å². The highest BCUT2D eigenvalue weighted by Crippen LogP contribution is 2.39. The number of aromatic nitrogens is 3. The van der Waals surface area contributed by atoms with Crippen molar-refractivity contribution in [2.75, 3.05) is 31.2 Å². The molecule has 2 aliphatic rings. The fourth-order valence-corrected chi connectivity index (χ4v) is 3.24. The van der Waals surface area contributed by atoms with Crippen LogP contribution in [0, 0.1) is 12.3 Å². The number of rotatable bonds is 2. The molecule has 21 heavy (non-hydrogen) atoms. The van der Waals surface area contributed by atoms with Crippen molar-refractivity contribution in [3.05, 3.63) is 24.2 Å². The first-order valence-corrected chi connectivity index (χ1v) is 7.34. The maximum atomic E-state index is 5.58. The molecule has 2 saturated heterocycles. The van der Waals surface area contributed by atoms with Crippen molar-refractivity contribution in [1.82, 2.24) is 15.1 Å². The van der Waals surface area contributed by atoms with Crippen LogP contribution >= 0.6 is 0 Å². The maximum Gasteiger partial charge on any atom is 0.258 e. The molecule has 4 heterocycles. The van der Waals surface area contributed by atoms with Gasteiger partial charge in [0.1, 0.15) is 5.82 Å². The molecule has 2 aliphatic heterocycles. The standard InChI is InChI=1S/C15H18N4O2/c1-11-17-14(21-18-11)12-2-5-16-13(8-12)19-6-3-15(9-19)4-7-20-10-15/h2,5,8H,3-4,6-7,9-10H2,1H3. The number of aryl methyl sites for hydroxylation is 1. The summed E-state index contributed by atoms with van der Waals surface area (Å²) >= 11 is 0. The van der Waals surface area contributed by atoms with Crippen LogP contribution in [-0.2, 0) is 4.74 Å². The zero-order chi connectivity index (χ0) is 14.3. The lowest BCUT2D eigenvalue weighted by molar-refractivity contribution is 0.160. The minimum atomic E-state index is 0.332. The lowest BCUT2D eigenvalue weighted by Gasteiger charge is -2.22. The van der Waals surface area contributed by atoms with Gasteiger partial charge in [0.05, 0.1) is 6.61 Å². The molecule has 0 amide bonds. The third-order valence-electron chi connectivity index (χ3n) is 4.47. The van der Waals surface area contributed by atoms with Crippen molar-refractivity contribution in [3.8, 4) is 11.5 Å². The lowest BCUT2D eigenvalue weighted by atomic mass is 9.87. The van der Waals surface area contributed by atoms with Gasteiger partial charge < -0.3 is 14.2 Å². The summed E-state index contributed by atoms with van der Waals surface area (Å²) in [5.74, 6) is 2.17. The Labute approximate surface area is 123 Å². The van der Waals surface area contributed by atoms with E-state index < -0.39 is 0 Å². The average molecular weight is 286 g/mol. The van der Waals surface area contributed by atoms with E-state index in [2.05, 4.69) is 20.0 Å². The SMILES string of the molecule is Cc1noc(-c2ccnc(N3CCC4(CCOC4)C3)c2)n1. The highest BCUT2D eigenvalue weighted by molar-refractivity contribution is 5.59. The van der Waals surface area contributed by atoms with E-state index in [0.29, 0.717) is 17.1 Å². The summed E-state index contributed by atoms with van der Waals surface area (Å²) in [6.45, 7) is 5.64. The predicted octanol–water partition coefficient (Wildman–Crippen LogP) is 2.06. The molecule has 0 aromatic carbocycles. The van der Waals surface area contributed by atoms with Gasteiger partial charge in [0, 0.05) is 36.9 Å². The Kier molecular flexibility index (Phi) is 2.92. The molecule has 1 spiro atoms. The normalized spacial score (nSPS) is 25.1. The van der Waals surface area contributed by atoms with Gasteiger partial charge in [0.15, 0.2) is 5.82 Å². The van der Waals surface area contributed by atoms with Crippen LogP contribution in [0.25, 0.3) is 11.5 Å². The summed E-state index contributed by atoms with van der Waals surface area (Å²) in [4.78, 5) is 11.1. The largest absolute Gasteiger partial charge is 0.381 e. The Morgan fingerprint density at radius 2 is 2.29 bits per heavy atom. The molecule has 2 fully saturated rings. The minimum absolute atomic E-state index is 0.332. The van der Waals surface area contributed by atoms with Gasteiger partial charge in [-0.05, 0) is 31.9 Å². The second kappa shape index (κ2) is 4.80. The third-order valence-corrected chi connectivity index (χ3v) is 4.47. The van der Waals surface area contributed by atoms with E-state index in [1.165, 1.54) is 6.42 Å². The number of ether oxygens (including phenoxy) is 1. The van der Waals surface area contributed by atoms with Gasteiger partial charge in [-0.25, -0.2) is 4.98 Å². The maximum absolute atomic E-state index is 5.58. The topological polar surface area (TPSA) is 64.3 Å². The first-order chi connectivity index (χ1) is 10.2. The first-order valence-electron chi connectivity index (χ1n) is 7.34. The second-order valence-corrected chi connectivity index (χ2v) is 6.02. The summed E-state index contributed by atoms with van der Waals surface area (Å²) in [5.41, 5.74) is 1.25. The molecule has 0 saturated carbocycles. The molecular weight excluding hydrogens is 268 g/mol. The molecule has 0 N–H and O–H groups in total. The van der Waals surface area contributed by atoms with E-state index in [-0.39, 0.29) is 0 Å². The van der Waals surface area contributed by atoms with Crippen LogP contribution in [0.15, 0.2) is 22.9 Å². The van der Waals surface area contributed by atoms with Gasteiger partial charge in [-0.2, -0.15) is 4.98 Å². The summed E-state index contributed by atoms with van der Waals surface area (Å²) in [7, 11) is 0. The van der Waals surface area contributed by atoms with Crippen molar-refractivity contribution in [2.45, 2.75) is 19.8 Å². The lowest BCUT2D eigenvalue weighted by Crippen LogP contribution is -2.27. The number of hydrogen-bond donors (Lipinski definition) is 0. The van der Waals surface area contributed by atoms with Crippen molar-refractivity contribution in [2.24, 2.45) is 5.41 Å². The summed E-state index contributed by atoms with van der Waals surface area (Å²) < 4.78 is 10.8. The second-order valence-electron chi connectivity index (χ2n) is 6.02. The van der Waals surface area contributed by atoms with Gasteiger partial charge in [-0.3, -0.25) is 0 Å². The molecule has 2 aromatic rings. The van der Waals surface area contributed by atoms with Crippen LogP contribution in [-0.4, -0.2) is 41.4 Å². The van der Waals surface area contributed by atoms with E-state index in [9.17, 15) is 0 Å². The smallest absolute Gasteiger partial charge is 0.258 e. The molecule has 6 nitrogen and oxygen atoms in total. The molecule has 0 bridgehead atoms. The van der Waals surface area contributed by atoms with Crippen molar-refractivity contribution < 1.29 is 9.26 Å². The fourth-order valence-electron chi connectivity index (χ4n) is 3.24. The van der Waals surface area contributed by atoms with Gasteiger partial charge in [-0.1, -0.05) is 5.16 Å². The van der Waals surface area contributed by atoms with Crippen molar-refractivity contribution in [1.29, 1.82) is 0 Å². The molecule has 4 rings (SSSR count). The van der Waals surface area contributed by atoms with Crippen LogP contribution in [0.1, 0.15) is 18.7 Å². The first kappa shape index (κ1) is 12.8. The van der Waals surface area contributed by atoms with Crippen molar-refractivity contribution in [3.63, 3.8) is 0 Å². The summed E-state index contributed by atoms with van der Waals surface area (Å²) in [6, 6.07) is 3.93. The van der Waals surface area contributed by atoms with Crippen LogP contribution in [0.3, 0.4) is 0 Å². The Morgan fingerprint density at radius 3 is 3.05 bits per heavy atom. The van der Waals surface area contributed by atoms with Gasteiger partial charge in [-0.15, -0.1) is 0 Å². The molecule has 110 valence electrons. The van der Waals surface area contributed by atoms with E-state index in [4.69, 9.17) is 9.26 Å². The summed E-state index contributed by atoms with van der Waals surface area (Å²) in [6.07, 6.45) is 4.14. The number of pyridine rings is 1. The van der Waals surface area contributed by atoms with Gasteiger partial charge in [0.2, 0.25) is 0 Å². The highest BCUT2D eigenvalue weighted by atomic mass is 16.5. The van der Waals surface area contributed by atoms with Gasteiger partial charge >= 0.3 is 0 Å². The predicted molar refractivity (Wildman–Crippen MR) is 77.0 cm³/mol. The molecule has 1 unspecified atom stereocenters. The molecular formula is C15H18N4O2. The van der Waals surface area contributed by atoms with E-state index in [1.54, 1.807) is 6.20 Å². The summed E-state index contributed by atoms with van der Waals surface area (Å²) in [5, 5.41) is 3.84. The number of hydrogen-bond acceptors (Lipinski definition) is 6. The quantitative estimate of drug-likeness (QED) is 0.842. The van der Waals surface area contributed by atoms with Crippen LogP contribution in [0.5, 0.6) is 0 Å². The third kappa shape index (κ3) is 2.29. The van der Waals surface area contributed by atoms with Crippen LogP contribution in [0.4, 0.5) is 5.82 Å². The minimum Gasteiger partial charge on any atom is -0.381 e. The molecule has 0 radical (unpaired) electrons. The van der Waals surface area contributed by atoms with E-state index >= 15 is 0 Å². The molecule has 6 heteroatoms. The highest BCUT2D eigenvalue weighted by Gasteiger charge is 2.41. The van der Waals surface area contributed by atoms with Gasteiger partial charge in [0.25, 0.3) is 5.89 Å². The Hall–Kier alpha value is -1.95. The average Bonchev–Trinajstić information content (AvgIpc) is 3.23. The van der Waals surface area contributed by atoms with Crippen LogP contribution < -0.4 is 4.90 Å². The Balaban J connectivity index is 1.59. The molecule has 0 aliphatic carbocycles. The Bertz CT molecular complexity index is 649. The van der Waals surface area contributed by atoms with E-state index in [1.807, 2.05) is 19.1 Å². The monoisotopic (exact) mass is 286 g/mol. The van der Waals surface area contributed by atoms with Crippen molar-refractivity contribution >= 4 is 5.82 Å². The Morgan fingerprint density at radius 1 is 1.33 bits per heavy atom. The number of nitrogens with zero attached hydrogens (tertiary/aromatic N) is 4. The molecule has 2 aromatic heterocycles. The van der Waals surface area contributed by atoms with E-state index in [0.717, 1.165) is 44.1 Å². The fraction of sp³-hybridized carbons (Fsp3) is 0.533. The zero-order valence-corrected chi connectivity index (χ0v) is 12.1. The molecule has 1 atom stereocenters. The zero-order valence-electron chi connectivity index (χ0n) is 12.1.